The molecule has 0 unspecified atom stereocenters. The molecule has 0 spiro atoms. The van der Waals surface area contributed by atoms with E-state index in [9.17, 15) is 9.59 Å². The van der Waals surface area contributed by atoms with Gasteiger partial charge in [0.1, 0.15) is 0 Å². The summed E-state index contributed by atoms with van der Waals surface area (Å²) in [5.74, 6) is 0.660. The number of benzene rings is 2. The van der Waals surface area contributed by atoms with E-state index in [-0.39, 0.29) is 24.1 Å². The van der Waals surface area contributed by atoms with Crippen LogP contribution in [0.15, 0.2) is 59.8 Å². The molecule has 2 N–H and O–H groups in total. The zero-order valence-electron chi connectivity index (χ0n) is 15.8. The molecule has 1 aromatic heterocycles. The predicted octanol–water partition coefficient (Wildman–Crippen LogP) is 3.01. The summed E-state index contributed by atoms with van der Waals surface area (Å²) in [7, 11) is 1.82. The van der Waals surface area contributed by atoms with Crippen molar-refractivity contribution in [3.63, 3.8) is 0 Å². The highest BCUT2D eigenvalue weighted by molar-refractivity contribution is 14.1. The Balaban J connectivity index is 1.46. The standard InChI is InChI=1S/C20H20IN5O2S/c1-26-17(12-22-18(27)11-14-5-3-2-4-6-14)24-25-20(26)29-13-19(28)23-16-9-7-15(21)8-10-16/h2-10H,11-13H2,1H3,(H,22,27)(H,23,28). The van der Waals surface area contributed by atoms with Gasteiger partial charge in [0.25, 0.3) is 0 Å². The lowest BCUT2D eigenvalue weighted by Crippen LogP contribution is -2.26. The molecule has 150 valence electrons. The molecule has 2 aromatic carbocycles. The third-order valence-corrected chi connectivity index (χ3v) is 5.78. The quantitative estimate of drug-likeness (QED) is 0.352. The van der Waals surface area contributed by atoms with Crippen LogP contribution in [0.25, 0.3) is 0 Å². The average molecular weight is 521 g/mol. The Bertz CT molecular complexity index is 976. The Morgan fingerprint density at radius 3 is 2.48 bits per heavy atom. The van der Waals surface area contributed by atoms with Gasteiger partial charge in [-0.1, -0.05) is 42.1 Å². The molecule has 3 aromatic rings. The van der Waals surface area contributed by atoms with E-state index >= 15 is 0 Å². The van der Waals surface area contributed by atoms with Crippen LogP contribution < -0.4 is 10.6 Å². The van der Waals surface area contributed by atoms with E-state index in [1.54, 1.807) is 4.57 Å². The van der Waals surface area contributed by atoms with E-state index < -0.39 is 0 Å². The summed E-state index contributed by atoms with van der Waals surface area (Å²) in [5, 5.41) is 14.5. The van der Waals surface area contributed by atoms with Gasteiger partial charge in [-0.3, -0.25) is 9.59 Å². The number of halogens is 1. The lowest BCUT2D eigenvalue weighted by atomic mass is 10.1. The van der Waals surface area contributed by atoms with Gasteiger partial charge in [0, 0.05) is 16.3 Å². The van der Waals surface area contributed by atoms with Gasteiger partial charge in [0.15, 0.2) is 11.0 Å². The van der Waals surface area contributed by atoms with Crippen LogP contribution in [0, 0.1) is 3.57 Å². The zero-order valence-corrected chi connectivity index (χ0v) is 18.7. The molecular weight excluding hydrogens is 501 g/mol. The number of carbonyl (C=O) groups is 2. The summed E-state index contributed by atoms with van der Waals surface area (Å²) in [4.78, 5) is 24.2. The van der Waals surface area contributed by atoms with Crippen LogP contribution in [-0.2, 0) is 29.6 Å². The number of hydrogen-bond acceptors (Lipinski definition) is 5. The smallest absolute Gasteiger partial charge is 0.234 e. The fourth-order valence-electron chi connectivity index (χ4n) is 2.51. The highest BCUT2D eigenvalue weighted by Gasteiger charge is 2.13. The maximum absolute atomic E-state index is 12.1. The number of aromatic nitrogens is 3. The highest BCUT2D eigenvalue weighted by atomic mass is 127. The third kappa shape index (κ3) is 6.57. The molecule has 29 heavy (non-hydrogen) atoms. The van der Waals surface area contributed by atoms with Crippen molar-refractivity contribution < 1.29 is 9.59 Å². The summed E-state index contributed by atoms with van der Waals surface area (Å²) in [6, 6.07) is 17.2. The Labute approximate surface area is 186 Å². The van der Waals surface area contributed by atoms with Crippen molar-refractivity contribution in [1.29, 1.82) is 0 Å². The van der Waals surface area contributed by atoms with Crippen molar-refractivity contribution in [1.82, 2.24) is 20.1 Å². The number of amides is 2. The summed E-state index contributed by atoms with van der Waals surface area (Å²) >= 11 is 3.51. The number of hydrogen-bond donors (Lipinski definition) is 2. The van der Waals surface area contributed by atoms with Crippen LogP contribution in [0.5, 0.6) is 0 Å². The summed E-state index contributed by atoms with van der Waals surface area (Å²) in [6.45, 7) is 0.282. The number of thioether (sulfide) groups is 1. The molecule has 0 saturated carbocycles. The fraction of sp³-hybridized carbons (Fsp3) is 0.200. The van der Waals surface area contributed by atoms with Crippen molar-refractivity contribution in [2.45, 2.75) is 18.1 Å². The molecule has 0 aliphatic carbocycles. The Kier molecular flexibility index (Phi) is 7.64. The lowest BCUT2D eigenvalue weighted by molar-refractivity contribution is -0.120. The first-order valence-electron chi connectivity index (χ1n) is 8.88. The first kappa shape index (κ1) is 21.3. The molecule has 0 fully saturated rings. The van der Waals surface area contributed by atoms with Crippen molar-refractivity contribution in [3.8, 4) is 0 Å². The average Bonchev–Trinajstić information content (AvgIpc) is 3.07. The minimum atomic E-state index is -0.114. The van der Waals surface area contributed by atoms with Crippen molar-refractivity contribution in [3.05, 3.63) is 69.6 Å². The first-order valence-corrected chi connectivity index (χ1v) is 10.9. The van der Waals surface area contributed by atoms with Gasteiger partial charge in [0.2, 0.25) is 11.8 Å². The second kappa shape index (κ2) is 10.4. The molecule has 9 heteroatoms. The summed E-state index contributed by atoms with van der Waals surface area (Å²) in [6.07, 6.45) is 0.318. The van der Waals surface area contributed by atoms with Crippen molar-refractivity contribution >= 4 is 51.9 Å². The summed E-state index contributed by atoms with van der Waals surface area (Å²) in [5.41, 5.74) is 1.72. The molecule has 0 aliphatic rings. The number of carbonyl (C=O) groups excluding carboxylic acids is 2. The molecule has 0 radical (unpaired) electrons. The number of nitrogens with one attached hydrogen (secondary N) is 2. The second-order valence-electron chi connectivity index (χ2n) is 6.24. The van der Waals surface area contributed by atoms with Crippen LogP contribution in [-0.4, -0.2) is 32.3 Å². The van der Waals surface area contributed by atoms with Gasteiger partial charge < -0.3 is 15.2 Å². The van der Waals surface area contributed by atoms with Crippen LogP contribution in [0.3, 0.4) is 0 Å². The molecule has 7 nitrogen and oxygen atoms in total. The fourth-order valence-corrected chi connectivity index (χ4v) is 3.60. The molecule has 0 bridgehead atoms. The Hall–Kier alpha value is -2.40. The van der Waals surface area contributed by atoms with E-state index in [1.807, 2.05) is 61.6 Å². The van der Waals surface area contributed by atoms with Gasteiger partial charge in [-0.25, -0.2) is 0 Å². The maximum atomic E-state index is 12.1. The van der Waals surface area contributed by atoms with Crippen LogP contribution >= 0.6 is 34.4 Å². The maximum Gasteiger partial charge on any atom is 0.234 e. The van der Waals surface area contributed by atoms with E-state index in [0.717, 1.165) is 14.8 Å². The van der Waals surface area contributed by atoms with Crippen LogP contribution in [0.2, 0.25) is 0 Å². The predicted molar refractivity (Wildman–Crippen MR) is 122 cm³/mol. The first-order chi connectivity index (χ1) is 14.0. The SMILES string of the molecule is Cn1c(CNC(=O)Cc2ccccc2)nnc1SCC(=O)Nc1ccc(I)cc1. The number of nitrogens with zero attached hydrogens (tertiary/aromatic N) is 3. The molecule has 0 atom stereocenters. The normalized spacial score (nSPS) is 10.6. The van der Waals surface area contributed by atoms with Gasteiger partial charge in [-0.2, -0.15) is 0 Å². The Morgan fingerprint density at radius 1 is 1.03 bits per heavy atom. The summed E-state index contributed by atoms with van der Waals surface area (Å²) < 4.78 is 2.89. The van der Waals surface area contributed by atoms with Crippen molar-refractivity contribution in [2.24, 2.45) is 7.05 Å². The molecule has 2 amide bonds. The van der Waals surface area contributed by atoms with Gasteiger partial charge in [-0.15, -0.1) is 10.2 Å². The van der Waals surface area contributed by atoms with E-state index in [1.165, 1.54) is 11.8 Å². The zero-order chi connectivity index (χ0) is 20.6. The van der Waals surface area contributed by atoms with Gasteiger partial charge in [-0.05, 0) is 52.4 Å². The largest absolute Gasteiger partial charge is 0.349 e. The van der Waals surface area contributed by atoms with Gasteiger partial charge >= 0.3 is 0 Å². The molecular formula is C20H20IN5O2S. The highest BCUT2D eigenvalue weighted by Crippen LogP contribution is 2.17. The van der Waals surface area contributed by atoms with Crippen LogP contribution in [0.1, 0.15) is 11.4 Å². The molecule has 1 heterocycles. The number of anilines is 1. The molecule has 3 rings (SSSR count). The van der Waals surface area contributed by atoms with Gasteiger partial charge in [0.05, 0.1) is 18.7 Å². The number of rotatable bonds is 8. The van der Waals surface area contributed by atoms with E-state index in [0.29, 0.717) is 17.4 Å². The lowest BCUT2D eigenvalue weighted by Gasteiger charge is -2.07. The van der Waals surface area contributed by atoms with E-state index in [4.69, 9.17) is 0 Å². The molecule has 0 saturated heterocycles. The topological polar surface area (TPSA) is 88.9 Å². The minimum absolute atomic E-state index is 0.0784. The molecule has 0 aliphatic heterocycles. The van der Waals surface area contributed by atoms with E-state index in [2.05, 4.69) is 43.4 Å². The van der Waals surface area contributed by atoms with Crippen LogP contribution in [0.4, 0.5) is 5.69 Å². The monoisotopic (exact) mass is 521 g/mol. The Morgan fingerprint density at radius 2 is 1.76 bits per heavy atom. The third-order valence-electron chi connectivity index (χ3n) is 4.04. The minimum Gasteiger partial charge on any atom is -0.349 e. The van der Waals surface area contributed by atoms with Crippen molar-refractivity contribution in [2.75, 3.05) is 11.1 Å². The second-order valence-corrected chi connectivity index (χ2v) is 8.43.